The highest BCUT2D eigenvalue weighted by molar-refractivity contribution is 5.83. The minimum atomic E-state index is -0.662. The molecule has 6 heteroatoms. The Morgan fingerprint density at radius 3 is 2.64 bits per heavy atom. The van der Waals surface area contributed by atoms with Crippen LogP contribution in [0.5, 0.6) is 0 Å². The lowest BCUT2D eigenvalue weighted by atomic mass is 9.85. The first-order chi connectivity index (χ1) is 10.5. The van der Waals surface area contributed by atoms with Crippen LogP contribution in [0.1, 0.15) is 37.7 Å². The first kappa shape index (κ1) is 16.3. The molecule has 5 nitrogen and oxygen atoms in total. The average Bonchev–Trinajstić information content (AvgIpc) is 2.50. The van der Waals surface area contributed by atoms with Crippen molar-refractivity contribution in [3.05, 3.63) is 35.6 Å². The number of likely N-dealkylation sites (tertiary alicyclic amines) is 1. The van der Waals surface area contributed by atoms with E-state index in [4.69, 9.17) is 10.5 Å². The van der Waals surface area contributed by atoms with Gasteiger partial charge in [0.25, 0.3) is 0 Å². The van der Waals surface area contributed by atoms with E-state index < -0.39 is 17.9 Å². The highest BCUT2D eigenvalue weighted by Gasteiger charge is 2.37. The number of piperidine rings is 1. The third-order valence-corrected chi connectivity index (χ3v) is 3.97. The van der Waals surface area contributed by atoms with Crippen LogP contribution < -0.4 is 5.73 Å². The molecule has 1 heterocycles. The third-order valence-electron chi connectivity index (χ3n) is 3.97. The number of nitrogens with zero attached hydrogens (tertiary/aromatic N) is 1. The zero-order chi connectivity index (χ0) is 16.1. The highest BCUT2D eigenvalue weighted by Crippen LogP contribution is 2.31. The van der Waals surface area contributed by atoms with Gasteiger partial charge in [0, 0.05) is 6.54 Å². The molecule has 0 aliphatic carbocycles. The van der Waals surface area contributed by atoms with Gasteiger partial charge < -0.3 is 15.4 Å². The number of nitrogens with two attached hydrogens (primary N) is 1. The molecule has 0 aromatic heterocycles. The fraction of sp³-hybridized carbons (Fsp3) is 0.500. The lowest BCUT2D eigenvalue weighted by molar-refractivity contribution is -0.121. The summed E-state index contributed by atoms with van der Waals surface area (Å²) in [5.74, 6) is -1.56. The summed E-state index contributed by atoms with van der Waals surface area (Å²) in [6.45, 7) is 2.55. The molecule has 1 aromatic rings. The Morgan fingerprint density at radius 2 is 2.05 bits per heavy atom. The number of amides is 2. The molecule has 1 aromatic carbocycles. The molecule has 0 radical (unpaired) electrons. The van der Waals surface area contributed by atoms with E-state index in [0.717, 1.165) is 12.8 Å². The number of carbonyl (C=O) groups excluding carboxylic acids is 2. The van der Waals surface area contributed by atoms with Gasteiger partial charge in [-0.05, 0) is 43.9 Å². The second-order valence-electron chi connectivity index (χ2n) is 5.39. The highest BCUT2D eigenvalue weighted by atomic mass is 19.1. The second-order valence-corrected chi connectivity index (χ2v) is 5.39. The number of primary amides is 1. The quantitative estimate of drug-likeness (QED) is 0.928. The predicted octanol–water partition coefficient (Wildman–Crippen LogP) is 2.41. The fourth-order valence-corrected chi connectivity index (χ4v) is 2.98. The number of hydrogen-bond acceptors (Lipinski definition) is 3. The van der Waals surface area contributed by atoms with Gasteiger partial charge in [-0.25, -0.2) is 9.18 Å². The van der Waals surface area contributed by atoms with Gasteiger partial charge in [0.1, 0.15) is 5.82 Å². The zero-order valence-electron chi connectivity index (χ0n) is 12.6. The maximum atomic E-state index is 13.1. The van der Waals surface area contributed by atoms with E-state index in [0.29, 0.717) is 18.5 Å². The minimum absolute atomic E-state index is 0.278. The first-order valence-corrected chi connectivity index (χ1v) is 7.52. The summed E-state index contributed by atoms with van der Waals surface area (Å²) < 4.78 is 18.2. The molecule has 1 aliphatic rings. The van der Waals surface area contributed by atoms with Crippen LogP contribution in [0.3, 0.4) is 0 Å². The summed E-state index contributed by atoms with van der Waals surface area (Å²) in [6.07, 6.45) is 2.01. The molecule has 1 saturated heterocycles. The standard InChI is InChI=1S/C16H21FN2O3/c1-2-22-16(21)19-10-4-3-5-13(19)14(15(18)20)11-6-8-12(17)9-7-11/h6-9,13-14H,2-5,10H2,1H3,(H2,18,20). The molecule has 0 bridgehead atoms. The van der Waals surface area contributed by atoms with Gasteiger partial charge in [-0.15, -0.1) is 0 Å². The summed E-state index contributed by atoms with van der Waals surface area (Å²) in [7, 11) is 0. The van der Waals surface area contributed by atoms with Crippen molar-refractivity contribution in [3.63, 3.8) is 0 Å². The van der Waals surface area contributed by atoms with E-state index in [1.807, 2.05) is 0 Å². The van der Waals surface area contributed by atoms with E-state index in [-0.39, 0.29) is 18.5 Å². The molecule has 0 saturated carbocycles. The Labute approximate surface area is 129 Å². The number of benzene rings is 1. The predicted molar refractivity (Wildman–Crippen MR) is 79.7 cm³/mol. The topological polar surface area (TPSA) is 72.6 Å². The normalized spacial score (nSPS) is 19.5. The van der Waals surface area contributed by atoms with Crippen LogP contribution >= 0.6 is 0 Å². The maximum absolute atomic E-state index is 13.1. The minimum Gasteiger partial charge on any atom is -0.450 e. The van der Waals surface area contributed by atoms with E-state index in [2.05, 4.69) is 0 Å². The summed E-state index contributed by atoms with van der Waals surface area (Å²) in [5, 5.41) is 0. The van der Waals surface area contributed by atoms with E-state index in [1.165, 1.54) is 12.1 Å². The van der Waals surface area contributed by atoms with Crippen molar-refractivity contribution in [2.75, 3.05) is 13.2 Å². The molecule has 2 unspecified atom stereocenters. The Kier molecular flexibility index (Phi) is 5.35. The number of ether oxygens (including phenoxy) is 1. The number of halogens is 1. The lowest BCUT2D eigenvalue weighted by Crippen LogP contribution is -2.50. The molecule has 120 valence electrons. The largest absolute Gasteiger partial charge is 0.450 e. The van der Waals surface area contributed by atoms with Crippen LogP contribution in [-0.2, 0) is 9.53 Å². The number of carbonyl (C=O) groups is 2. The third kappa shape index (κ3) is 3.55. The molecule has 2 atom stereocenters. The SMILES string of the molecule is CCOC(=O)N1CCCCC1C(C(N)=O)c1ccc(F)cc1. The van der Waals surface area contributed by atoms with Crippen molar-refractivity contribution in [2.24, 2.45) is 5.73 Å². The van der Waals surface area contributed by atoms with Crippen molar-refractivity contribution in [2.45, 2.75) is 38.1 Å². The average molecular weight is 308 g/mol. The summed E-state index contributed by atoms with van der Waals surface area (Å²) >= 11 is 0. The Morgan fingerprint density at radius 1 is 1.36 bits per heavy atom. The monoisotopic (exact) mass is 308 g/mol. The molecular weight excluding hydrogens is 287 g/mol. The summed E-state index contributed by atoms with van der Waals surface area (Å²) in [6, 6.07) is 5.33. The van der Waals surface area contributed by atoms with Crippen molar-refractivity contribution in [1.29, 1.82) is 0 Å². The number of hydrogen-bond donors (Lipinski definition) is 1. The van der Waals surface area contributed by atoms with Crippen LogP contribution in [0.4, 0.5) is 9.18 Å². The van der Waals surface area contributed by atoms with E-state index >= 15 is 0 Å². The molecule has 22 heavy (non-hydrogen) atoms. The number of rotatable bonds is 4. The van der Waals surface area contributed by atoms with Crippen molar-refractivity contribution in [3.8, 4) is 0 Å². The Bertz CT molecular complexity index is 533. The molecule has 1 fully saturated rings. The summed E-state index contributed by atoms with van der Waals surface area (Å²) in [4.78, 5) is 25.6. The molecule has 2 rings (SSSR count). The fourth-order valence-electron chi connectivity index (χ4n) is 2.98. The van der Waals surface area contributed by atoms with Gasteiger partial charge in [0.05, 0.1) is 18.6 Å². The van der Waals surface area contributed by atoms with Crippen LogP contribution in [0.2, 0.25) is 0 Å². The van der Waals surface area contributed by atoms with Crippen molar-refractivity contribution >= 4 is 12.0 Å². The molecule has 1 aliphatic heterocycles. The Hall–Kier alpha value is -2.11. The van der Waals surface area contributed by atoms with Crippen LogP contribution in [0.15, 0.2) is 24.3 Å². The Balaban J connectivity index is 2.30. The van der Waals surface area contributed by atoms with Crippen LogP contribution in [0.25, 0.3) is 0 Å². The van der Waals surface area contributed by atoms with Gasteiger partial charge in [0.2, 0.25) is 5.91 Å². The van der Waals surface area contributed by atoms with Gasteiger partial charge in [-0.2, -0.15) is 0 Å². The van der Waals surface area contributed by atoms with Gasteiger partial charge in [-0.3, -0.25) is 4.79 Å². The van der Waals surface area contributed by atoms with Gasteiger partial charge in [0.15, 0.2) is 0 Å². The van der Waals surface area contributed by atoms with Gasteiger partial charge in [-0.1, -0.05) is 12.1 Å². The van der Waals surface area contributed by atoms with Gasteiger partial charge >= 0.3 is 6.09 Å². The van der Waals surface area contributed by atoms with Crippen LogP contribution in [-0.4, -0.2) is 36.1 Å². The zero-order valence-corrected chi connectivity index (χ0v) is 12.6. The van der Waals surface area contributed by atoms with E-state index in [1.54, 1.807) is 24.0 Å². The lowest BCUT2D eigenvalue weighted by Gasteiger charge is -2.38. The molecule has 2 N–H and O–H groups in total. The van der Waals surface area contributed by atoms with E-state index in [9.17, 15) is 14.0 Å². The maximum Gasteiger partial charge on any atom is 0.410 e. The summed E-state index contributed by atoms with van der Waals surface area (Å²) in [5.41, 5.74) is 6.18. The first-order valence-electron chi connectivity index (χ1n) is 7.52. The smallest absolute Gasteiger partial charge is 0.410 e. The molecule has 0 spiro atoms. The molecular formula is C16H21FN2O3. The van der Waals surface area contributed by atoms with Crippen molar-refractivity contribution < 1.29 is 18.7 Å². The molecule has 2 amide bonds. The van der Waals surface area contributed by atoms with Crippen molar-refractivity contribution in [1.82, 2.24) is 4.90 Å². The van der Waals surface area contributed by atoms with Crippen LogP contribution in [0, 0.1) is 5.82 Å². The second kappa shape index (κ2) is 7.24.